The molecule has 21 heavy (non-hydrogen) atoms. The molecule has 6 nitrogen and oxygen atoms in total. The van der Waals surface area contributed by atoms with Gasteiger partial charge in [-0.3, -0.25) is 4.79 Å². The Labute approximate surface area is 125 Å². The van der Waals surface area contributed by atoms with E-state index in [1.807, 2.05) is 13.0 Å². The van der Waals surface area contributed by atoms with Crippen LogP contribution in [0.4, 0.5) is 0 Å². The van der Waals surface area contributed by atoms with Crippen LogP contribution in [0.25, 0.3) is 0 Å². The average molecular weight is 299 g/mol. The van der Waals surface area contributed by atoms with Crippen molar-refractivity contribution in [2.24, 2.45) is 5.92 Å². The molecule has 0 bridgehead atoms. The van der Waals surface area contributed by atoms with Gasteiger partial charge in [0.25, 0.3) is 0 Å². The Kier molecular flexibility index (Phi) is 7.39. The van der Waals surface area contributed by atoms with Crippen molar-refractivity contribution in [2.45, 2.75) is 38.3 Å². The predicted molar refractivity (Wildman–Crippen MR) is 77.6 cm³/mol. The Hall–Kier alpha value is -1.40. The monoisotopic (exact) mass is 299 g/mol. The Morgan fingerprint density at radius 2 is 2.14 bits per heavy atom. The number of esters is 1. The first kappa shape index (κ1) is 17.7. The van der Waals surface area contributed by atoms with Crippen LogP contribution in [0.15, 0.2) is 12.2 Å². The highest BCUT2D eigenvalue weighted by Crippen LogP contribution is 2.19. The van der Waals surface area contributed by atoms with E-state index in [-0.39, 0.29) is 36.9 Å². The minimum atomic E-state index is -0.447. The van der Waals surface area contributed by atoms with Crippen molar-refractivity contribution in [3.8, 4) is 0 Å². The SMILES string of the molecule is COC(=O)[C@@H]1CCCN1C(=O)C/C=C/[C@@H](C)[C@@H](CO)OC. The number of rotatable bonds is 7. The van der Waals surface area contributed by atoms with Crippen molar-refractivity contribution in [1.29, 1.82) is 0 Å². The van der Waals surface area contributed by atoms with Crippen molar-refractivity contribution in [3.63, 3.8) is 0 Å². The molecule has 120 valence electrons. The summed E-state index contributed by atoms with van der Waals surface area (Å²) in [4.78, 5) is 25.3. The zero-order chi connectivity index (χ0) is 15.8. The van der Waals surface area contributed by atoms with Crippen molar-refractivity contribution in [1.82, 2.24) is 4.90 Å². The molecule has 6 heteroatoms. The standard InChI is InChI=1S/C15H25NO5/c1-11(13(10-17)20-2)6-4-8-14(18)16-9-5-7-12(16)15(19)21-3/h4,6,11-13,17H,5,7-10H2,1-3H3/b6-4+/t11-,12+,13-/m1/s1. The summed E-state index contributed by atoms with van der Waals surface area (Å²) >= 11 is 0. The summed E-state index contributed by atoms with van der Waals surface area (Å²) in [5.74, 6) is -0.412. The smallest absolute Gasteiger partial charge is 0.328 e. The quantitative estimate of drug-likeness (QED) is 0.554. The molecule has 1 saturated heterocycles. The molecule has 1 N–H and O–H groups in total. The minimum absolute atomic E-state index is 0.0165. The second kappa shape index (κ2) is 8.79. The summed E-state index contributed by atoms with van der Waals surface area (Å²) in [6.45, 7) is 2.45. The molecule has 1 fully saturated rings. The Morgan fingerprint density at radius 1 is 1.43 bits per heavy atom. The molecule has 0 radical (unpaired) electrons. The van der Waals surface area contributed by atoms with Crippen LogP contribution in [0.5, 0.6) is 0 Å². The van der Waals surface area contributed by atoms with E-state index in [0.29, 0.717) is 13.0 Å². The van der Waals surface area contributed by atoms with Gasteiger partial charge in [0.15, 0.2) is 0 Å². The fourth-order valence-corrected chi connectivity index (χ4v) is 2.53. The second-order valence-electron chi connectivity index (χ2n) is 5.22. The summed E-state index contributed by atoms with van der Waals surface area (Å²) in [5.41, 5.74) is 0. The molecule has 1 rings (SSSR count). The van der Waals surface area contributed by atoms with Gasteiger partial charge in [0.05, 0.1) is 19.8 Å². The van der Waals surface area contributed by atoms with Gasteiger partial charge in [-0.25, -0.2) is 4.79 Å². The van der Waals surface area contributed by atoms with E-state index in [1.165, 1.54) is 7.11 Å². The predicted octanol–water partition coefficient (Wildman–Crippen LogP) is 0.740. The molecule has 1 aliphatic heterocycles. The van der Waals surface area contributed by atoms with Gasteiger partial charge in [-0.2, -0.15) is 0 Å². The molecule has 0 aromatic carbocycles. The molecule has 0 spiro atoms. The lowest BCUT2D eigenvalue weighted by molar-refractivity contribution is -0.150. The Bertz CT molecular complexity index is 378. The van der Waals surface area contributed by atoms with Crippen LogP contribution in [-0.4, -0.2) is 61.4 Å². The zero-order valence-corrected chi connectivity index (χ0v) is 12.9. The number of methoxy groups -OCH3 is 2. The van der Waals surface area contributed by atoms with Crippen LogP contribution in [0.2, 0.25) is 0 Å². The van der Waals surface area contributed by atoms with Crippen LogP contribution in [0.3, 0.4) is 0 Å². The molecule has 0 aliphatic carbocycles. The van der Waals surface area contributed by atoms with Crippen LogP contribution < -0.4 is 0 Å². The van der Waals surface area contributed by atoms with Gasteiger partial charge < -0.3 is 19.5 Å². The van der Waals surface area contributed by atoms with Gasteiger partial charge >= 0.3 is 5.97 Å². The van der Waals surface area contributed by atoms with Gasteiger partial charge in [0, 0.05) is 26.0 Å². The van der Waals surface area contributed by atoms with E-state index in [1.54, 1.807) is 18.1 Å². The zero-order valence-electron chi connectivity index (χ0n) is 12.9. The Morgan fingerprint density at radius 3 is 2.71 bits per heavy atom. The van der Waals surface area contributed by atoms with E-state index >= 15 is 0 Å². The van der Waals surface area contributed by atoms with Crippen LogP contribution in [0.1, 0.15) is 26.2 Å². The van der Waals surface area contributed by atoms with Crippen molar-refractivity contribution in [2.75, 3.05) is 27.4 Å². The summed E-state index contributed by atoms with van der Waals surface area (Å²) in [5, 5.41) is 9.12. The number of carbonyl (C=O) groups is 2. The summed E-state index contributed by atoms with van der Waals surface area (Å²) in [7, 11) is 2.88. The van der Waals surface area contributed by atoms with E-state index in [0.717, 1.165) is 6.42 Å². The third-order valence-electron chi connectivity index (χ3n) is 3.85. The van der Waals surface area contributed by atoms with Gasteiger partial charge in [-0.05, 0) is 12.8 Å². The maximum atomic E-state index is 12.2. The first-order chi connectivity index (χ1) is 10.0. The number of amides is 1. The normalized spacial score (nSPS) is 21.5. The number of carbonyl (C=O) groups excluding carboxylic acids is 2. The second-order valence-corrected chi connectivity index (χ2v) is 5.22. The summed E-state index contributed by atoms with van der Waals surface area (Å²) in [6, 6.07) is -0.447. The molecule has 1 aliphatic rings. The van der Waals surface area contributed by atoms with Gasteiger partial charge in [0.2, 0.25) is 5.91 Å². The molecular formula is C15H25NO5. The van der Waals surface area contributed by atoms with Gasteiger partial charge in [-0.1, -0.05) is 19.1 Å². The molecule has 0 unspecified atom stereocenters. The minimum Gasteiger partial charge on any atom is -0.467 e. The number of likely N-dealkylation sites (tertiary alicyclic amines) is 1. The number of ether oxygens (including phenoxy) is 2. The van der Waals surface area contributed by atoms with Crippen LogP contribution in [-0.2, 0) is 19.1 Å². The highest BCUT2D eigenvalue weighted by Gasteiger charge is 2.34. The van der Waals surface area contributed by atoms with E-state index in [2.05, 4.69) is 0 Å². The van der Waals surface area contributed by atoms with E-state index < -0.39 is 6.04 Å². The lowest BCUT2D eigenvalue weighted by atomic mass is 10.0. The van der Waals surface area contributed by atoms with Crippen molar-refractivity contribution in [3.05, 3.63) is 12.2 Å². The average Bonchev–Trinajstić information content (AvgIpc) is 2.97. The molecule has 0 aromatic rings. The molecule has 3 atom stereocenters. The number of hydrogen-bond acceptors (Lipinski definition) is 5. The summed E-state index contributed by atoms with van der Waals surface area (Å²) < 4.78 is 9.85. The third-order valence-corrected chi connectivity index (χ3v) is 3.85. The highest BCUT2D eigenvalue weighted by molar-refractivity contribution is 5.85. The van der Waals surface area contributed by atoms with Crippen LogP contribution >= 0.6 is 0 Å². The molecule has 0 aromatic heterocycles. The third kappa shape index (κ3) is 4.82. The largest absolute Gasteiger partial charge is 0.467 e. The molecular weight excluding hydrogens is 274 g/mol. The molecule has 0 saturated carbocycles. The maximum Gasteiger partial charge on any atom is 0.328 e. The molecule has 1 amide bonds. The number of aliphatic hydroxyl groups is 1. The first-order valence-corrected chi connectivity index (χ1v) is 7.22. The number of aliphatic hydroxyl groups excluding tert-OH is 1. The molecule has 1 heterocycles. The van der Waals surface area contributed by atoms with Gasteiger partial charge in [0.1, 0.15) is 6.04 Å². The summed E-state index contributed by atoms with van der Waals surface area (Å²) in [6.07, 6.45) is 5.06. The highest BCUT2D eigenvalue weighted by atomic mass is 16.5. The fraction of sp³-hybridized carbons (Fsp3) is 0.733. The number of nitrogens with zero attached hydrogens (tertiary/aromatic N) is 1. The van der Waals surface area contributed by atoms with Crippen molar-refractivity contribution < 1.29 is 24.2 Å². The number of hydrogen-bond donors (Lipinski definition) is 1. The van der Waals surface area contributed by atoms with Crippen molar-refractivity contribution >= 4 is 11.9 Å². The van der Waals surface area contributed by atoms with E-state index in [9.17, 15) is 9.59 Å². The topological polar surface area (TPSA) is 76.1 Å². The fourth-order valence-electron chi connectivity index (χ4n) is 2.53. The lowest BCUT2D eigenvalue weighted by Crippen LogP contribution is -2.40. The first-order valence-electron chi connectivity index (χ1n) is 7.22. The van der Waals surface area contributed by atoms with E-state index in [4.69, 9.17) is 14.6 Å². The van der Waals surface area contributed by atoms with Crippen LogP contribution in [0, 0.1) is 5.92 Å². The lowest BCUT2D eigenvalue weighted by Gasteiger charge is -2.22. The van der Waals surface area contributed by atoms with Gasteiger partial charge in [-0.15, -0.1) is 0 Å². The maximum absolute atomic E-state index is 12.2. The Balaban J connectivity index is 2.51.